The first-order chi connectivity index (χ1) is 9.92. The summed E-state index contributed by atoms with van der Waals surface area (Å²) in [6.07, 6.45) is 3.28. The number of allylic oxidation sites excluding steroid dienone is 1. The Morgan fingerprint density at radius 3 is 2.38 bits per heavy atom. The molecular weight excluding hydrogens is 272 g/mol. The monoisotopic (exact) mass is 298 g/mol. The molecular formula is C14H26N4O3. The normalized spacial score (nSPS) is 18.7. The predicted molar refractivity (Wildman–Crippen MR) is 81.4 cm³/mol. The molecule has 1 fully saturated rings. The molecule has 2 amide bonds. The van der Waals surface area contributed by atoms with Crippen LogP contribution in [-0.4, -0.2) is 35.9 Å². The summed E-state index contributed by atoms with van der Waals surface area (Å²) in [4.78, 5) is 23.8. The van der Waals surface area contributed by atoms with Gasteiger partial charge in [0, 0.05) is 39.1 Å². The summed E-state index contributed by atoms with van der Waals surface area (Å²) in [5.74, 6) is -0.0698. The molecule has 1 atom stereocenters. The molecule has 0 aromatic carbocycles. The van der Waals surface area contributed by atoms with Gasteiger partial charge in [0.15, 0.2) is 5.88 Å². The molecule has 0 aromatic rings. The molecule has 0 aromatic heterocycles. The molecule has 7 heteroatoms. The minimum absolute atomic E-state index is 0.0226. The Kier molecular flexibility index (Phi) is 8.68. The fourth-order valence-electron chi connectivity index (χ4n) is 1.82. The maximum atomic E-state index is 11.2. The fraction of sp³-hybridized carbons (Fsp3) is 0.571. The van der Waals surface area contributed by atoms with Gasteiger partial charge in [-0.15, -0.1) is 0 Å². The standard InChI is InChI=1S/C12H20N4O3.C2H6/c1-8(17)15-10(6-13)5-12(14)19-11-3-4-16(7-11)9(2)18;1-2/h5-6,11H,3-4,7,13-14H2,1-2H3,(H,15,17);1-2H3/b10-6+,12-5+;/t11-;/m1./s1. The largest absolute Gasteiger partial charge is 0.474 e. The second kappa shape index (κ2) is 9.68. The van der Waals surface area contributed by atoms with Gasteiger partial charge in [0.1, 0.15) is 6.10 Å². The lowest BCUT2D eigenvalue weighted by Crippen LogP contribution is -2.28. The number of carbonyl (C=O) groups is 2. The van der Waals surface area contributed by atoms with Crippen molar-refractivity contribution >= 4 is 11.8 Å². The average Bonchev–Trinajstić information content (AvgIpc) is 2.88. The van der Waals surface area contributed by atoms with Crippen molar-refractivity contribution in [2.75, 3.05) is 13.1 Å². The highest BCUT2D eigenvalue weighted by atomic mass is 16.5. The number of rotatable bonds is 4. The van der Waals surface area contributed by atoms with Gasteiger partial charge in [-0.3, -0.25) is 9.59 Å². The van der Waals surface area contributed by atoms with E-state index in [1.54, 1.807) is 4.90 Å². The molecule has 1 rings (SSSR count). The molecule has 0 spiro atoms. The van der Waals surface area contributed by atoms with Gasteiger partial charge in [-0.2, -0.15) is 0 Å². The van der Waals surface area contributed by atoms with E-state index in [-0.39, 0.29) is 23.8 Å². The highest BCUT2D eigenvalue weighted by Gasteiger charge is 2.25. The number of nitrogens with two attached hydrogens (primary N) is 2. The average molecular weight is 298 g/mol. The number of likely N-dealkylation sites (tertiary alicyclic amines) is 1. The van der Waals surface area contributed by atoms with Crippen LogP contribution in [0.5, 0.6) is 0 Å². The molecule has 0 unspecified atom stereocenters. The van der Waals surface area contributed by atoms with E-state index in [2.05, 4.69) is 5.32 Å². The Balaban J connectivity index is 0.00000191. The first-order valence-electron chi connectivity index (χ1n) is 7.01. The van der Waals surface area contributed by atoms with E-state index in [1.165, 1.54) is 26.1 Å². The highest BCUT2D eigenvalue weighted by molar-refractivity contribution is 5.75. The van der Waals surface area contributed by atoms with Crippen molar-refractivity contribution in [1.82, 2.24) is 10.2 Å². The predicted octanol–water partition coefficient (Wildman–Crippen LogP) is 0.386. The van der Waals surface area contributed by atoms with E-state index in [0.717, 1.165) is 6.42 Å². The van der Waals surface area contributed by atoms with Crippen molar-refractivity contribution in [3.8, 4) is 0 Å². The van der Waals surface area contributed by atoms with Crippen LogP contribution in [0.1, 0.15) is 34.1 Å². The molecule has 0 saturated carbocycles. The van der Waals surface area contributed by atoms with E-state index in [4.69, 9.17) is 16.2 Å². The smallest absolute Gasteiger partial charge is 0.221 e. The number of nitrogens with zero attached hydrogens (tertiary/aromatic N) is 1. The van der Waals surface area contributed by atoms with Crippen LogP contribution in [0.4, 0.5) is 0 Å². The second-order valence-corrected chi connectivity index (χ2v) is 4.34. The lowest BCUT2D eigenvalue weighted by atomic mass is 10.3. The van der Waals surface area contributed by atoms with Gasteiger partial charge in [-0.05, 0) is 0 Å². The minimum atomic E-state index is -0.246. The third-order valence-electron chi connectivity index (χ3n) is 2.69. The van der Waals surface area contributed by atoms with E-state index in [9.17, 15) is 9.59 Å². The lowest BCUT2D eigenvalue weighted by molar-refractivity contribution is -0.128. The van der Waals surface area contributed by atoms with Crippen LogP contribution in [0.25, 0.3) is 0 Å². The summed E-state index contributed by atoms with van der Waals surface area (Å²) in [6.45, 7) is 8.08. The minimum Gasteiger partial charge on any atom is -0.474 e. The Morgan fingerprint density at radius 2 is 1.95 bits per heavy atom. The summed E-state index contributed by atoms with van der Waals surface area (Å²) >= 11 is 0. The van der Waals surface area contributed by atoms with Crippen molar-refractivity contribution in [2.45, 2.75) is 40.2 Å². The molecule has 1 saturated heterocycles. The Morgan fingerprint density at radius 1 is 1.33 bits per heavy atom. The first-order valence-corrected chi connectivity index (χ1v) is 7.01. The number of amides is 2. The highest BCUT2D eigenvalue weighted by Crippen LogP contribution is 2.14. The number of hydrogen-bond acceptors (Lipinski definition) is 5. The van der Waals surface area contributed by atoms with Gasteiger partial charge in [0.25, 0.3) is 0 Å². The van der Waals surface area contributed by atoms with E-state index < -0.39 is 0 Å². The van der Waals surface area contributed by atoms with Gasteiger partial charge < -0.3 is 26.4 Å². The zero-order valence-electron chi connectivity index (χ0n) is 13.2. The topological polar surface area (TPSA) is 111 Å². The molecule has 1 aliphatic heterocycles. The van der Waals surface area contributed by atoms with Crippen LogP contribution >= 0.6 is 0 Å². The Bertz CT molecular complexity index is 418. The van der Waals surface area contributed by atoms with Crippen molar-refractivity contribution < 1.29 is 14.3 Å². The zero-order valence-corrected chi connectivity index (χ0v) is 13.2. The van der Waals surface area contributed by atoms with Gasteiger partial charge in [0.05, 0.1) is 12.2 Å². The van der Waals surface area contributed by atoms with E-state index in [1.807, 2.05) is 13.8 Å². The number of carbonyl (C=O) groups excluding carboxylic acids is 2. The molecule has 21 heavy (non-hydrogen) atoms. The molecule has 1 heterocycles. The molecule has 7 nitrogen and oxygen atoms in total. The quantitative estimate of drug-likeness (QED) is 0.513. The number of hydrogen-bond donors (Lipinski definition) is 3. The number of ether oxygens (including phenoxy) is 1. The maximum absolute atomic E-state index is 11.2. The third-order valence-corrected chi connectivity index (χ3v) is 2.69. The van der Waals surface area contributed by atoms with Crippen LogP contribution in [-0.2, 0) is 14.3 Å². The molecule has 0 bridgehead atoms. The van der Waals surface area contributed by atoms with Gasteiger partial charge in [0.2, 0.25) is 11.8 Å². The van der Waals surface area contributed by atoms with Crippen LogP contribution in [0, 0.1) is 0 Å². The van der Waals surface area contributed by atoms with Crippen LogP contribution < -0.4 is 16.8 Å². The summed E-state index contributed by atoms with van der Waals surface area (Å²) in [6, 6.07) is 0. The van der Waals surface area contributed by atoms with Crippen LogP contribution in [0.15, 0.2) is 23.9 Å². The molecule has 0 aliphatic carbocycles. The van der Waals surface area contributed by atoms with Crippen molar-refractivity contribution in [2.24, 2.45) is 11.5 Å². The van der Waals surface area contributed by atoms with Gasteiger partial charge in [-0.1, -0.05) is 13.8 Å². The summed E-state index contributed by atoms with van der Waals surface area (Å²) in [5, 5.41) is 2.51. The number of nitrogens with one attached hydrogen (secondary N) is 1. The molecule has 0 radical (unpaired) electrons. The van der Waals surface area contributed by atoms with Crippen LogP contribution in [0.3, 0.4) is 0 Å². The van der Waals surface area contributed by atoms with Crippen molar-refractivity contribution in [3.63, 3.8) is 0 Å². The van der Waals surface area contributed by atoms with E-state index in [0.29, 0.717) is 18.8 Å². The Hall–Kier alpha value is -2.18. The summed E-state index contributed by atoms with van der Waals surface area (Å²) in [5.41, 5.74) is 11.4. The lowest BCUT2D eigenvalue weighted by Gasteiger charge is -2.15. The SMILES string of the molecule is CC.CC(=O)NC(=C/N)/C=C(\N)O[C@@H]1CCN(C(C)=O)C1. The van der Waals surface area contributed by atoms with Crippen LogP contribution in [0.2, 0.25) is 0 Å². The third kappa shape index (κ3) is 7.24. The van der Waals surface area contributed by atoms with Gasteiger partial charge in [-0.25, -0.2) is 0 Å². The Labute approximate surface area is 126 Å². The second-order valence-electron chi connectivity index (χ2n) is 4.34. The van der Waals surface area contributed by atoms with Gasteiger partial charge >= 0.3 is 0 Å². The maximum Gasteiger partial charge on any atom is 0.221 e. The molecule has 120 valence electrons. The zero-order chi connectivity index (χ0) is 16.4. The molecule has 5 N–H and O–H groups in total. The summed E-state index contributed by atoms with van der Waals surface area (Å²) in [7, 11) is 0. The molecule has 1 aliphatic rings. The summed E-state index contributed by atoms with van der Waals surface area (Å²) < 4.78 is 5.50. The van der Waals surface area contributed by atoms with Crippen molar-refractivity contribution in [1.29, 1.82) is 0 Å². The fourth-order valence-corrected chi connectivity index (χ4v) is 1.82. The first kappa shape index (κ1) is 18.8. The van der Waals surface area contributed by atoms with Crippen molar-refractivity contribution in [3.05, 3.63) is 23.9 Å². The van der Waals surface area contributed by atoms with E-state index >= 15 is 0 Å².